The SMILES string of the molecule is COc1ccc(NC(=O)Cn2ncc(-c3ccccc3)nc2=O)cc1. The monoisotopic (exact) mass is 336 g/mol. The number of aromatic nitrogens is 3. The van der Waals surface area contributed by atoms with Crippen LogP contribution in [0.3, 0.4) is 0 Å². The van der Waals surface area contributed by atoms with E-state index in [1.165, 1.54) is 6.20 Å². The third-order valence-corrected chi connectivity index (χ3v) is 3.49. The van der Waals surface area contributed by atoms with Crippen LogP contribution in [0, 0.1) is 0 Å². The molecule has 0 saturated heterocycles. The highest BCUT2D eigenvalue weighted by atomic mass is 16.5. The van der Waals surface area contributed by atoms with Crippen LogP contribution in [-0.4, -0.2) is 27.8 Å². The molecule has 0 fully saturated rings. The predicted octanol–water partition coefficient (Wildman–Crippen LogP) is 1.95. The van der Waals surface area contributed by atoms with E-state index in [1.54, 1.807) is 31.4 Å². The summed E-state index contributed by atoms with van der Waals surface area (Å²) in [5, 5.41) is 6.72. The first-order chi connectivity index (χ1) is 12.2. The number of hydrogen-bond donors (Lipinski definition) is 1. The Morgan fingerprint density at radius 1 is 1.12 bits per heavy atom. The Morgan fingerprint density at radius 2 is 1.84 bits per heavy atom. The molecule has 3 aromatic rings. The highest BCUT2D eigenvalue weighted by Crippen LogP contribution is 2.15. The topological polar surface area (TPSA) is 86.1 Å². The van der Waals surface area contributed by atoms with Crippen LogP contribution in [-0.2, 0) is 11.3 Å². The summed E-state index contributed by atoms with van der Waals surface area (Å²) >= 11 is 0. The van der Waals surface area contributed by atoms with Gasteiger partial charge in [-0.3, -0.25) is 4.79 Å². The zero-order valence-electron chi connectivity index (χ0n) is 13.5. The van der Waals surface area contributed by atoms with Gasteiger partial charge in [0, 0.05) is 11.3 Å². The van der Waals surface area contributed by atoms with Gasteiger partial charge in [0.25, 0.3) is 0 Å². The fourth-order valence-corrected chi connectivity index (χ4v) is 2.23. The second-order valence-electron chi connectivity index (χ2n) is 5.22. The Hall–Kier alpha value is -3.48. The Morgan fingerprint density at radius 3 is 2.48 bits per heavy atom. The fraction of sp³-hybridized carbons (Fsp3) is 0.111. The van der Waals surface area contributed by atoms with Crippen LogP contribution in [0.25, 0.3) is 11.3 Å². The maximum atomic E-state index is 12.1. The normalized spacial score (nSPS) is 10.3. The molecule has 1 amide bonds. The molecule has 1 N–H and O–H groups in total. The second-order valence-corrected chi connectivity index (χ2v) is 5.22. The molecule has 0 aliphatic heterocycles. The average molecular weight is 336 g/mol. The third kappa shape index (κ3) is 4.08. The van der Waals surface area contributed by atoms with Crippen LogP contribution < -0.4 is 15.7 Å². The van der Waals surface area contributed by atoms with Gasteiger partial charge < -0.3 is 10.1 Å². The molecule has 3 rings (SSSR count). The molecule has 0 saturated carbocycles. The minimum atomic E-state index is -0.578. The van der Waals surface area contributed by atoms with E-state index in [0.29, 0.717) is 17.1 Å². The highest BCUT2D eigenvalue weighted by Gasteiger charge is 2.09. The molecule has 0 spiro atoms. The average Bonchev–Trinajstić information content (AvgIpc) is 2.65. The van der Waals surface area contributed by atoms with E-state index in [2.05, 4.69) is 15.4 Å². The number of benzene rings is 2. The summed E-state index contributed by atoms with van der Waals surface area (Å²) in [4.78, 5) is 28.1. The lowest BCUT2D eigenvalue weighted by atomic mass is 10.2. The van der Waals surface area contributed by atoms with Crippen LogP contribution >= 0.6 is 0 Å². The molecule has 7 heteroatoms. The maximum absolute atomic E-state index is 12.1. The molecule has 25 heavy (non-hydrogen) atoms. The number of nitrogens with one attached hydrogen (secondary N) is 1. The minimum Gasteiger partial charge on any atom is -0.497 e. The van der Waals surface area contributed by atoms with Gasteiger partial charge in [-0.25, -0.2) is 9.48 Å². The molecule has 1 heterocycles. The van der Waals surface area contributed by atoms with Gasteiger partial charge in [0.15, 0.2) is 0 Å². The molecular formula is C18H16N4O3. The van der Waals surface area contributed by atoms with Gasteiger partial charge in [-0.1, -0.05) is 30.3 Å². The molecule has 0 aliphatic carbocycles. The Labute approximate surface area is 143 Å². The number of ether oxygens (including phenoxy) is 1. The first-order valence-electron chi connectivity index (χ1n) is 7.59. The molecule has 0 bridgehead atoms. The van der Waals surface area contributed by atoms with Crippen molar-refractivity contribution >= 4 is 11.6 Å². The maximum Gasteiger partial charge on any atom is 0.365 e. The predicted molar refractivity (Wildman–Crippen MR) is 93.4 cm³/mol. The van der Waals surface area contributed by atoms with Gasteiger partial charge in [-0.15, -0.1) is 0 Å². The third-order valence-electron chi connectivity index (χ3n) is 3.49. The summed E-state index contributed by atoms with van der Waals surface area (Å²) in [5.74, 6) is 0.325. The van der Waals surface area contributed by atoms with Gasteiger partial charge in [0.2, 0.25) is 5.91 Å². The van der Waals surface area contributed by atoms with Gasteiger partial charge in [0.1, 0.15) is 12.3 Å². The van der Waals surface area contributed by atoms with E-state index < -0.39 is 5.69 Å². The van der Waals surface area contributed by atoms with Gasteiger partial charge in [0.05, 0.1) is 19.0 Å². The number of methoxy groups -OCH3 is 1. The second kappa shape index (κ2) is 7.39. The zero-order chi connectivity index (χ0) is 17.6. The summed E-state index contributed by atoms with van der Waals surface area (Å²) in [6, 6.07) is 16.1. The standard InChI is InChI=1S/C18H16N4O3/c1-25-15-9-7-14(8-10-15)20-17(23)12-22-18(24)21-16(11-19-22)13-5-3-2-4-6-13/h2-11H,12H2,1H3,(H,20,23). The Bertz CT molecular complexity index is 921. The molecule has 2 aromatic carbocycles. The molecule has 0 radical (unpaired) electrons. The minimum absolute atomic E-state index is 0.215. The van der Waals surface area contributed by atoms with Gasteiger partial charge in [-0.05, 0) is 24.3 Å². The largest absolute Gasteiger partial charge is 0.497 e. The van der Waals surface area contributed by atoms with Crippen LogP contribution in [0.2, 0.25) is 0 Å². The van der Waals surface area contributed by atoms with Crippen LogP contribution in [0.5, 0.6) is 5.75 Å². The number of carbonyl (C=O) groups is 1. The number of hydrogen-bond acceptors (Lipinski definition) is 5. The van der Waals surface area contributed by atoms with E-state index in [9.17, 15) is 9.59 Å². The van der Waals surface area contributed by atoms with Crippen molar-refractivity contribution in [3.63, 3.8) is 0 Å². The Kier molecular flexibility index (Phi) is 4.84. The number of anilines is 1. The summed E-state index contributed by atoms with van der Waals surface area (Å²) in [6.07, 6.45) is 1.47. The van der Waals surface area contributed by atoms with Crippen LogP contribution in [0.15, 0.2) is 65.6 Å². The highest BCUT2D eigenvalue weighted by molar-refractivity contribution is 5.90. The lowest BCUT2D eigenvalue weighted by molar-refractivity contribution is -0.117. The smallest absolute Gasteiger partial charge is 0.365 e. The van der Waals surface area contributed by atoms with Crippen molar-refractivity contribution in [2.45, 2.75) is 6.54 Å². The Balaban J connectivity index is 1.70. The quantitative estimate of drug-likeness (QED) is 0.770. The molecule has 0 atom stereocenters. The van der Waals surface area contributed by atoms with E-state index in [0.717, 1.165) is 10.2 Å². The van der Waals surface area contributed by atoms with E-state index in [4.69, 9.17) is 4.74 Å². The molecule has 126 valence electrons. The number of nitrogens with zero attached hydrogens (tertiary/aromatic N) is 3. The molecule has 0 unspecified atom stereocenters. The van der Waals surface area contributed by atoms with E-state index in [-0.39, 0.29) is 12.5 Å². The van der Waals surface area contributed by atoms with Crippen molar-refractivity contribution in [3.05, 3.63) is 71.3 Å². The number of carbonyl (C=O) groups excluding carboxylic acids is 1. The van der Waals surface area contributed by atoms with Crippen molar-refractivity contribution in [2.75, 3.05) is 12.4 Å². The van der Waals surface area contributed by atoms with Crippen molar-refractivity contribution in [1.29, 1.82) is 0 Å². The lowest BCUT2D eigenvalue weighted by Crippen LogP contribution is -2.31. The summed E-state index contributed by atoms with van der Waals surface area (Å²) in [7, 11) is 1.57. The molecule has 0 aliphatic rings. The number of amides is 1. The van der Waals surface area contributed by atoms with Crippen LogP contribution in [0.1, 0.15) is 0 Å². The molecule has 7 nitrogen and oxygen atoms in total. The lowest BCUT2D eigenvalue weighted by Gasteiger charge is -2.07. The summed E-state index contributed by atoms with van der Waals surface area (Å²) in [5.41, 5.74) is 1.29. The first-order valence-corrected chi connectivity index (χ1v) is 7.59. The first kappa shape index (κ1) is 16.4. The summed E-state index contributed by atoms with van der Waals surface area (Å²) in [6.45, 7) is -0.215. The zero-order valence-corrected chi connectivity index (χ0v) is 13.5. The van der Waals surface area contributed by atoms with Crippen molar-refractivity contribution in [2.24, 2.45) is 0 Å². The van der Waals surface area contributed by atoms with Crippen molar-refractivity contribution < 1.29 is 9.53 Å². The number of rotatable bonds is 5. The van der Waals surface area contributed by atoms with Gasteiger partial charge >= 0.3 is 5.69 Å². The van der Waals surface area contributed by atoms with Crippen LogP contribution in [0.4, 0.5) is 5.69 Å². The molecule has 1 aromatic heterocycles. The van der Waals surface area contributed by atoms with E-state index in [1.807, 2.05) is 30.3 Å². The van der Waals surface area contributed by atoms with E-state index >= 15 is 0 Å². The van der Waals surface area contributed by atoms with Crippen molar-refractivity contribution in [3.8, 4) is 17.0 Å². The fourth-order valence-electron chi connectivity index (χ4n) is 2.23. The summed E-state index contributed by atoms with van der Waals surface area (Å²) < 4.78 is 6.08. The molecular weight excluding hydrogens is 320 g/mol. The van der Waals surface area contributed by atoms with Crippen molar-refractivity contribution in [1.82, 2.24) is 14.8 Å². The van der Waals surface area contributed by atoms with Gasteiger partial charge in [-0.2, -0.15) is 10.1 Å².